The van der Waals surface area contributed by atoms with Gasteiger partial charge in [-0.05, 0) is 32.1 Å². The molecule has 1 aliphatic heterocycles. The molecule has 0 spiro atoms. The average Bonchev–Trinajstić information content (AvgIpc) is 3.50. The van der Waals surface area contributed by atoms with Crippen LogP contribution >= 0.6 is 0 Å². The number of ether oxygens (including phenoxy) is 2. The standard InChI is InChI=1S/C29H33N5O7/c1-2-18-40-29(39)34-16-14-33(15-17-34)28(38)22(12-13-25(35)36)31-27(37)23-19-24(41-21-10-6-7-11-21)32-26(30-23)20-8-4-3-5-9-20/h1,3-5,8-9,19,21-22H,6-7,10-18H2,(H,31,37)(H,35,36)/t22-/m0/s1. The van der Waals surface area contributed by atoms with Crippen molar-refractivity contribution in [1.29, 1.82) is 0 Å². The first-order chi connectivity index (χ1) is 19.8. The molecule has 12 heteroatoms. The van der Waals surface area contributed by atoms with Gasteiger partial charge in [0.2, 0.25) is 11.8 Å². The summed E-state index contributed by atoms with van der Waals surface area (Å²) in [4.78, 5) is 62.1. The van der Waals surface area contributed by atoms with Crippen LogP contribution in [-0.4, -0.2) is 93.7 Å². The first kappa shape index (κ1) is 29.3. The van der Waals surface area contributed by atoms with Gasteiger partial charge >= 0.3 is 12.1 Å². The van der Waals surface area contributed by atoms with E-state index in [0.717, 1.165) is 25.7 Å². The van der Waals surface area contributed by atoms with E-state index in [1.54, 1.807) is 0 Å². The third-order valence-corrected chi connectivity index (χ3v) is 6.94. The third-order valence-electron chi connectivity index (χ3n) is 6.94. The molecule has 1 saturated heterocycles. The summed E-state index contributed by atoms with van der Waals surface area (Å²) in [5, 5.41) is 11.9. The number of carbonyl (C=O) groups is 4. The van der Waals surface area contributed by atoms with E-state index in [9.17, 15) is 24.3 Å². The van der Waals surface area contributed by atoms with Crippen molar-refractivity contribution in [3.05, 3.63) is 42.1 Å². The van der Waals surface area contributed by atoms with Gasteiger partial charge in [0.05, 0.1) is 0 Å². The number of terminal acetylenes is 1. The number of aliphatic carboxylic acids is 1. The molecular weight excluding hydrogens is 530 g/mol. The highest BCUT2D eigenvalue weighted by Gasteiger charge is 2.31. The zero-order valence-electron chi connectivity index (χ0n) is 22.7. The molecule has 1 aliphatic carbocycles. The molecule has 1 saturated carbocycles. The molecule has 2 heterocycles. The van der Waals surface area contributed by atoms with Gasteiger partial charge in [0, 0.05) is 44.2 Å². The maximum Gasteiger partial charge on any atom is 0.410 e. The Labute approximate surface area is 238 Å². The number of nitrogens with zero attached hydrogens (tertiary/aromatic N) is 4. The molecule has 2 aliphatic rings. The van der Waals surface area contributed by atoms with E-state index in [1.165, 1.54) is 15.9 Å². The minimum Gasteiger partial charge on any atom is -0.481 e. The van der Waals surface area contributed by atoms with Gasteiger partial charge in [-0.25, -0.2) is 9.78 Å². The zero-order chi connectivity index (χ0) is 29.2. The third kappa shape index (κ3) is 8.17. The van der Waals surface area contributed by atoms with Crippen LogP contribution in [0.15, 0.2) is 36.4 Å². The van der Waals surface area contributed by atoms with Crippen LogP contribution in [-0.2, 0) is 14.3 Å². The van der Waals surface area contributed by atoms with E-state index >= 15 is 0 Å². The molecule has 1 aromatic carbocycles. The highest BCUT2D eigenvalue weighted by molar-refractivity contribution is 5.96. The largest absolute Gasteiger partial charge is 0.481 e. The van der Waals surface area contributed by atoms with Gasteiger partial charge in [0.1, 0.15) is 17.8 Å². The summed E-state index contributed by atoms with van der Waals surface area (Å²) in [6, 6.07) is 9.48. The smallest absolute Gasteiger partial charge is 0.410 e. The predicted octanol–water partition coefficient (Wildman–Crippen LogP) is 2.34. The van der Waals surface area contributed by atoms with E-state index in [-0.39, 0.29) is 63.3 Å². The number of carbonyl (C=O) groups excluding carboxylic acids is 3. The fraction of sp³-hybridized carbons (Fsp3) is 0.448. The first-order valence-corrected chi connectivity index (χ1v) is 13.6. The SMILES string of the molecule is C#CCOC(=O)N1CCN(C(=O)[C@H](CCC(=O)O)NC(=O)c2cc(OC3CCCC3)nc(-c3ccccc3)n2)CC1. The van der Waals surface area contributed by atoms with Gasteiger partial charge in [-0.1, -0.05) is 36.3 Å². The maximum atomic E-state index is 13.4. The van der Waals surface area contributed by atoms with Crippen molar-refractivity contribution in [2.75, 3.05) is 32.8 Å². The number of hydrogen-bond acceptors (Lipinski definition) is 8. The van der Waals surface area contributed by atoms with E-state index in [1.807, 2.05) is 30.3 Å². The Morgan fingerprint density at radius 1 is 1.05 bits per heavy atom. The van der Waals surface area contributed by atoms with Crippen molar-refractivity contribution in [2.24, 2.45) is 0 Å². The van der Waals surface area contributed by atoms with Crippen LogP contribution in [0.1, 0.15) is 49.0 Å². The van der Waals surface area contributed by atoms with Crippen molar-refractivity contribution in [3.8, 4) is 29.6 Å². The van der Waals surface area contributed by atoms with Crippen molar-refractivity contribution in [1.82, 2.24) is 25.1 Å². The number of piperazine rings is 1. The van der Waals surface area contributed by atoms with Gasteiger partial charge in [-0.3, -0.25) is 14.4 Å². The van der Waals surface area contributed by atoms with Crippen LogP contribution in [0.4, 0.5) is 4.79 Å². The Morgan fingerprint density at radius 3 is 2.39 bits per heavy atom. The quantitative estimate of drug-likeness (QED) is 0.415. The minimum absolute atomic E-state index is 0.000975. The summed E-state index contributed by atoms with van der Waals surface area (Å²) in [6.07, 6.45) is 8.01. The number of carboxylic acid groups (broad SMARTS) is 1. The summed E-state index contributed by atoms with van der Waals surface area (Å²) in [7, 11) is 0. The fourth-order valence-electron chi connectivity index (χ4n) is 4.78. The second kappa shape index (κ2) is 14.1. The summed E-state index contributed by atoms with van der Waals surface area (Å²) in [5.41, 5.74) is 0.691. The number of hydrogen-bond donors (Lipinski definition) is 2. The Bertz CT molecular complexity index is 1280. The van der Waals surface area contributed by atoms with E-state index < -0.39 is 29.9 Å². The topological polar surface area (TPSA) is 151 Å². The lowest BCUT2D eigenvalue weighted by Gasteiger charge is -2.35. The summed E-state index contributed by atoms with van der Waals surface area (Å²) < 4.78 is 11.0. The first-order valence-electron chi connectivity index (χ1n) is 13.6. The zero-order valence-corrected chi connectivity index (χ0v) is 22.7. The Kier molecular flexibility index (Phi) is 10.1. The molecule has 0 bridgehead atoms. The minimum atomic E-state index is -1.12. The number of rotatable bonds is 10. The maximum absolute atomic E-state index is 13.4. The molecule has 4 rings (SSSR count). The summed E-state index contributed by atoms with van der Waals surface area (Å²) in [5.74, 6) is 0.591. The van der Waals surface area contributed by atoms with E-state index in [2.05, 4.69) is 21.2 Å². The van der Waals surface area contributed by atoms with Gasteiger partial charge in [-0.2, -0.15) is 4.98 Å². The number of carboxylic acids is 1. The number of aromatic nitrogens is 2. The highest BCUT2D eigenvalue weighted by atomic mass is 16.6. The molecule has 12 nitrogen and oxygen atoms in total. The van der Waals surface area contributed by atoms with Crippen molar-refractivity contribution >= 4 is 23.9 Å². The van der Waals surface area contributed by atoms with Gasteiger partial charge < -0.3 is 29.7 Å². The second-order valence-corrected chi connectivity index (χ2v) is 9.83. The monoisotopic (exact) mass is 563 g/mol. The second-order valence-electron chi connectivity index (χ2n) is 9.83. The van der Waals surface area contributed by atoms with Gasteiger partial charge in [0.15, 0.2) is 12.4 Å². The lowest BCUT2D eigenvalue weighted by atomic mass is 10.1. The Morgan fingerprint density at radius 2 is 1.73 bits per heavy atom. The molecule has 41 heavy (non-hydrogen) atoms. The van der Waals surface area contributed by atoms with Crippen molar-refractivity contribution in [3.63, 3.8) is 0 Å². The molecule has 2 N–H and O–H groups in total. The molecule has 0 unspecified atom stereocenters. The van der Waals surface area contributed by atoms with Gasteiger partial charge in [0.25, 0.3) is 5.91 Å². The van der Waals surface area contributed by atoms with Crippen LogP contribution in [0.25, 0.3) is 11.4 Å². The van der Waals surface area contributed by atoms with E-state index in [0.29, 0.717) is 11.4 Å². The molecule has 1 atom stereocenters. The van der Waals surface area contributed by atoms with Crippen molar-refractivity contribution in [2.45, 2.75) is 50.7 Å². The predicted molar refractivity (Wildman–Crippen MR) is 147 cm³/mol. The summed E-state index contributed by atoms with van der Waals surface area (Å²) in [6.45, 7) is 0.651. The molecule has 1 aromatic heterocycles. The normalized spacial score (nSPS) is 16.0. The van der Waals surface area contributed by atoms with Crippen LogP contribution < -0.4 is 10.1 Å². The van der Waals surface area contributed by atoms with Crippen molar-refractivity contribution < 1.29 is 33.8 Å². The lowest BCUT2D eigenvalue weighted by molar-refractivity contribution is -0.138. The molecule has 3 amide bonds. The van der Waals surface area contributed by atoms with Gasteiger partial charge in [-0.15, -0.1) is 6.42 Å². The molecule has 0 radical (unpaired) electrons. The fourth-order valence-corrected chi connectivity index (χ4v) is 4.78. The van der Waals surface area contributed by atoms with Crippen LogP contribution in [0.3, 0.4) is 0 Å². The number of amides is 3. The van der Waals surface area contributed by atoms with Crippen LogP contribution in [0.5, 0.6) is 5.88 Å². The number of benzene rings is 1. The molecule has 2 fully saturated rings. The lowest BCUT2D eigenvalue weighted by Crippen LogP contribution is -2.56. The Balaban J connectivity index is 1.50. The molecule has 216 valence electrons. The highest BCUT2D eigenvalue weighted by Crippen LogP contribution is 2.25. The van der Waals surface area contributed by atoms with Crippen LogP contribution in [0.2, 0.25) is 0 Å². The average molecular weight is 564 g/mol. The van der Waals surface area contributed by atoms with Crippen LogP contribution in [0, 0.1) is 12.3 Å². The number of nitrogens with one attached hydrogen (secondary N) is 1. The molecule has 2 aromatic rings. The van der Waals surface area contributed by atoms with E-state index in [4.69, 9.17) is 15.9 Å². The summed E-state index contributed by atoms with van der Waals surface area (Å²) >= 11 is 0. The molecular formula is C29H33N5O7. The Hall–Kier alpha value is -4.66.